The summed E-state index contributed by atoms with van der Waals surface area (Å²) >= 11 is 3.27. The van der Waals surface area contributed by atoms with E-state index in [1.807, 2.05) is 36.4 Å². The molecule has 2 amide bonds. The highest BCUT2D eigenvalue weighted by Gasteiger charge is 2.34. The fourth-order valence-electron chi connectivity index (χ4n) is 3.15. The molecule has 2 aromatic rings. The van der Waals surface area contributed by atoms with Crippen LogP contribution in [-0.2, 0) is 16.1 Å². The average molecular weight is 405 g/mol. The molecule has 0 bridgehead atoms. The number of likely N-dealkylation sites (N-methyl/N-ethyl adjacent to an activating group) is 1. The van der Waals surface area contributed by atoms with E-state index in [9.17, 15) is 9.59 Å². The van der Waals surface area contributed by atoms with Crippen LogP contribution in [0.1, 0.15) is 36.6 Å². The van der Waals surface area contributed by atoms with E-state index in [-0.39, 0.29) is 11.8 Å². The van der Waals surface area contributed by atoms with Gasteiger partial charge in [-0.2, -0.15) is 0 Å². The fourth-order valence-corrected chi connectivity index (χ4v) is 3.49. The van der Waals surface area contributed by atoms with Crippen molar-refractivity contribution in [2.45, 2.75) is 31.8 Å². The Morgan fingerprint density at radius 2 is 2.00 bits per heavy atom. The summed E-state index contributed by atoms with van der Waals surface area (Å²) in [7, 11) is 1.74. The average Bonchev–Trinajstić information content (AvgIpc) is 3.02. The van der Waals surface area contributed by atoms with Crippen molar-refractivity contribution in [1.29, 1.82) is 0 Å². The zero-order chi connectivity index (χ0) is 17.8. The van der Waals surface area contributed by atoms with Gasteiger partial charge >= 0.3 is 0 Å². The number of benzene rings is 1. The number of hydrogen-bond acceptors (Lipinski definition) is 3. The molecule has 0 aliphatic carbocycles. The SMILES string of the molecule is CN(Cc1ccc(Br)o1)C(=O)C(c1ccccc1)N1CCCCC1=O. The number of carbonyl (C=O) groups is 2. The second-order valence-electron chi connectivity index (χ2n) is 6.26. The molecular weight excluding hydrogens is 384 g/mol. The number of rotatable bonds is 5. The standard InChI is InChI=1S/C19H21BrN2O3/c1-21(13-15-10-11-16(20)25-15)19(24)18(14-7-3-2-4-8-14)22-12-6-5-9-17(22)23/h2-4,7-8,10-11,18H,5-6,9,12-13H2,1H3. The van der Waals surface area contributed by atoms with Crippen molar-refractivity contribution in [1.82, 2.24) is 9.80 Å². The predicted molar refractivity (Wildman–Crippen MR) is 97.6 cm³/mol. The van der Waals surface area contributed by atoms with Crippen molar-refractivity contribution in [3.05, 3.63) is 58.5 Å². The van der Waals surface area contributed by atoms with Crippen LogP contribution in [0.5, 0.6) is 0 Å². The van der Waals surface area contributed by atoms with Crippen LogP contribution in [0.3, 0.4) is 0 Å². The maximum atomic E-state index is 13.2. The number of furan rings is 1. The minimum Gasteiger partial charge on any atom is -0.452 e. The van der Waals surface area contributed by atoms with Gasteiger partial charge in [-0.3, -0.25) is 9.59 Å². The third-order valence-corrected chi connectivity index (χ3v) is 4.85. The fraction of sp³-hybridized carbons (Fsp3) is 0.368. The van der Waals surface area contributed by atoms with Gasteiger partial charge in [-0.15, -0.1) is 0 Å². The van der Waals surface area contributed by atoms with Gasteiger partial charge in [0.1, 0.15) is 11.8 Å². The Hall–Kier alpha value is -2.08. The highest BCUT2D eigenvalue weighted by molar-refractivity contribution is 9.10. The summed E-state index contributed by atoms with van der Waals surface area (Å²) in [5, 5.41) is 0. The van der Waals surface area contributed by atoms with E-state index >= 15 is 0 Å². The maximum Gasteiger partial charge on any atom is 0.250 e. The quantitative estimate of drug-likeness (QED) is 0.762. The van der Waals surface area contributed by atoms with Crippen molar-refractivity contribution < 1.29 is 14.0 Å². The monoisotopic (exact) mass is 404 g/mol. The molecule has 5 nitrogen and oxygen atoms in total. The Morgan fingerprint density at radius 3 is 2.64 bits per heavy atom. The Kier molecular flexibility index (Phi) is 5.58. The molecule has 25 heavy (non-hydrogen) atoms. The Morgan fingerprint density at radius 1 is 1.24 bits per heavy atom. The first-order valence-electron chi connectivity index (χ1n) is 8.40. The van der Waals surface area contributed by atoms with E-state index in [0.717, 1.165) is 18.4 Å². The van der Waals surface area contributed by atoms with Gasteiger partial charge in [0.15, 0.2) is 4.67 Å². The number of carbonyl (C=O) groups excluding carboxylic acids is 2. The Balaban J connectivity index is 1.85. The second kappa shape index (κ2) is 7.87. The number of likely N-dealkylation sites (tertiary alicyclic amines) is 1. The molecule has 1 atom stereocenters. The van der Waals surface area contributed by atoms with E-state index in [0.29, 0.717) is 29.9 Å². The minimum absolute atomic E-state index is 0.0441. The molecular formula is C19H21BrN2O3. The lowest BCUT2D eigenvalue weighted by molar-refractivity contribution is -0.147. The molecule has 6 heteroatoms. The van der Waals surface area contributed by atoms with Crippen molar-refractivity contribution >= 4 is 27.7 Å². The van der Waals surface area contributed by atoms with Crippen molar-refractivity contribution in [3.8, 4) is 0 Å². The van der Waals surface area contributed by atoms with Gasteiger partial charge in [-0.25, -0.2) is 0 Å². The Bertz CT molecular complexity index is 744. The first-order chi connectivity index (χ1) is 12.1. The van der Waals surface area contributed by atoms with E-state index in [1.165, 1.54) is 0 Å². The Labute approximate surface area is 155 Å². The van der Waals surface area contributed by atoms with Crippen LogP contribution in [0.4, 0.5) is 0 Å². The molecule has 2 heterocycles. The molecule has 0 spiro atoms. The number of amides is 2. The topological polar surface area (TPSA) is 53.8 Å². The third kappa shape index (κ3) is 4.12. The van der Waals surface area contributed by atoms with Crippen LogP contribution >= 0.6 is 15.9 Å². The molecule has 1 unspecified atom stereocenters. The number of hydrogen-bond donors (Lipinski definition) is 0. The molecule has 1 aromatic heterocycles. The van der Waals surface area contributed by atoms with E-state index in [4.69, 9.17) is 4.42 Å². The normalized spacial score (nSPS) is 15.9. The van der Waals surface area contributed by atoms with Crippen molar-refractivity contribution in [2.75, 3.05) is 13.6 Å². The van der Waals surface area contributed by atoms with Gasteiger partial charge in [-0.05, 0) is 46.5 Å². The number of piperidine rings is 1. The second-order valence-corrected chi connectivity index (χ2v) is 7.04. The highest BCUT2D eigenvalue weighted by Crippen LogP contribution is 2.28. The van der Waals surface area contributed by atoms with Crippen LogP contribution in [0, 0.1) is 0 Å². The molecule has 1 aliphatic rings. The van der Waals surface area contributed by atoms with Crippen molar-refractivity contribution in [2.24, 2.45) is 0 Å². The van der Waals surface area contributed by atoms with Gasteiger partial charge in [-0.1, -0.05) is 30.3 Å². The first-order valence-corrected chi connectivity index (χ1v) is 9.19. The van der Waals surface area contributed by atoms with Crippen molar-refractivity contribution in [3.63, 3.8) is 0 Å². The van der Waals surface area contributed by atoms with Crippen LogP contribution in [0.2, 0.25) is 0 Å². The number of nitrogens with zero attached hydrogens (tertiary/aromatic N) is 2. The lowest BCUT2D eigenvalue weighted by Crippen LogP contribution is -2.46. The van der Waals surface area contributed by atoms with E-state index in [2.05, 4.69) is 15.9 Å². The van der Waals surface area contributed by atoms with Crippen LogP contribution in [-0.4, -0.2) is 35.2 Å². The van der Waals surface area contributed by atoms with Gasteiger partial charge in [0.25, 0.3) is 0 Å². The lowest BCUT2D eigenvalue weighted by Gasteiger charge is -2.36. The van der Waals surface area contributed by atoms with E-state index in [1.54, 1.807) is 22.9 Å². The predicted octanol–water partition coefficient (Wildman–Crippen LogP) is 3.75. The minimum atomic E-state index is -0.586. The smallest absolute Gasteiger partial charge is 0.250 e. The molecule has 1 aliphatic heterocycles. The summed E-state index contributed by atoms with van der Waals surface area (Å²) in [5.41, 5.74) is 0.843. The maximum absolute atomic E-state index is 13.2. The molecule has 1 saturated heterocycles. The highest BCUT2D eigenvalue weighted by atomic mass is 79.9. The summed E-state index contributed by atoms with van der Waals surface area (Å²) in [6.07, 6.45) is 2.32. The molecule has 132 valence electrons. The molecule has 0 saturated carbocycles. The molecule has 0 N–H and O–H groups in total. The molecule has 1 fully saturated rings. The van der Waals surface area contributed by atoms with Gasteiger partial charge in [0.2, 0.25) is 11.8 Å². The van der Waals surface area contributed by atoms with E-state index < -0.39 is 6.04 Å². The molecule has 1 aromatic carbocycles. The summed E-state index contributed by atoms with van der Waals surface area (Å²) in [5.74, 6) is 0.635. The lowest BCUT2D eigenvalue weighted by atomic mass is 10.00. The number of halogens is 1. The first kappa shape index (κ1) is 17.7. The zero-order valence-electron chi connectivity index (χ0n) is 14.2. The summed E-state index contributed by atoms with van der Waals surface area (Å²) in [4.78, 5) is 28.9. The molecule has 0 radical (unpaired) electrons. The molecule has 3 rings (SSSR count). The van der Waals surface area contributed by atoms with Crippen LogP contribution in [0.25, 0.3) is 0 Å². The van der Waals surface area contributed by atoms with Gasteiger partial charge in [0.05, 0.1) is 6.54 Å². The zero-order valence-corrected chi connectivity index (χ0v) is 15.7. The van der Waals surface area contributed by atoms with Crippen LogP contribution in [0.15, 0.2) is 51.6 Å². The summed E-state index contributed by atoms with van der Waals surface area (Å²) in [6, 6.07) is 12.6. The van der Waals surface area contributed by atoms with Gasteiger partial charge < -0.3 is 14.2 Å². The summed E-state index contributed by atoms with van der Waals surface area (Å²) < 4.78 is 6.13. The van der Waals surface area contributed by atoms with Crippen LogP contribution < -0.4 is 0 Å². The largest absolute Gasteiger partial charge is 0.452 e. The van der Waals surface area contributed by atoms with Gasteiger partial charge in [0, 0.05) is 20.0 Å². The summed E-state index contributed by atoms with van der Waals surface area (Å²) in [6.45, 7) is 0.972. The third-order valence-electron chi connectivity index (χ3n) is 4.42.